The number of nitrogens with one attached hydrogen (secondary N) is 1. The van der Waals surface area contributed by atoms with E-state index in [1.54, 1.807) is 0 Å². The van der Waals surface area contributed by atoms with Gasteiger partial charge in [0.15, 0.2) is 0 Å². The van der Waals surface area contributed by atoms with Crippen LogP contribution in [0.5, 0.6) is 0 Å². The maximum atomic E-state index is 8.99. The molecule has 1 aliphatic carbocycles. The summed E-state index contributed by atoms with van der Waals surface area (Å²) in [5, 5.41) is 13.4. The SMILES string of the molecule is CCCNC1CCCC1SCC(C)CO. The zero-order chi connectivity index (χ0) is 11.1. The number of aliphatic hydroxyl groups excluding tert-OH is 1. The van der Waals surface area contributed by atoms with Gasteiger partial charge in [-0.1, -0.05) is 20.3 Å². The van der Waals surface area contributed by atoms with Crippen molar-refractivity contribution in [1.29, 1.82) is 0 Å². The molecule has 1 rings (SSSR count). The number of thioether (sulfide) groups is 1. The van der Waals surface area contributed by atoms with Crippen molar-refractivity contribution in [2.24, 2.45) is 5.92 Å². The third-order valence-corrected chi connectivity index (χ3v) is 4.77. The highest BCUT2D eigenvalue weighted by atomic mass is 32.2. The van der Waals surface area contributed by atoms with Gasteiger partial charge in [-0.3, -0.25) is 0 Å². The Morgan fingerprint density at radius 3 is 2.93 bits per heavy atom. The Morgan fingerprint density at radius 2 is 2.27 bits per heavy atom. The first-order chi connectivity index (χ1) is 7.27. The third kappa shape index (κ3) is 4.75. The molecular formula is C12H25NOS. The van der Waals surface area contributed by atoms with E-state index in [-0.39, 0.29) is 0 Å². The fourth-order valence-corrected chi connectivity index (χ4v) is 3.51. The largest absolute Gasteiger partial charge is 0.396 e. The molecule has 0 aromatic heterocycles. The molecule has 0 bridgehead atoms. The van der Waals surface area contributed by atoms with Crippen LogP contribution in [0.2, 0.25) is 0 Å². The number of hydrogen-bond acceptors (Lipinski definition) is 3. The predicted octanol–water partition coefficient (Wildman–Crippen LogP) is 2.27. The minimum Gasteiger partial charge on any atom is -0.396 e. The Hall–Kier alpha value is 0.270. The standard InChI is InChI=1S/C12H25NOS/c1-3-7-13-11-5-4-6-12(11)15-9-10(2)8-14/h10-14H,3-9H2,1-2H3. The van der Waals surface area contributed by atoms with E-state index in [0.717, 1.165) is 23.6 Å². The van der Waals surface area contributed by atoms with Crippen LogP contribution in [0.3, 0.4) is 0 Å². The van der Waals surface area contributed by atoms with Crippen LogP contribution in [0.25, 0.3) is 0 Å². The molecule has 1 fully saturated rings. The van der Waals surface area contributed by atoms with E-state index < -0.39 is 0 Å². The molecular weight excluding hydrogens is 206 g/mol. The second-order valence-corrected chi connectivity index (χ2v) is 5.92. The normalized spacial score (nSPS) is 28.2. The van der Waals surface area contributed by atoms with Crippen molar-refractivity contribution < 1.29 is 5.11 Å². The first-order valence-corrected chi connectivity index (χ1v) is 7.28. The Balaban J connectivity index is 2.20. The van der Waals surface area contributed by atoms with Crippen molar-refractivity contribution in [3.05, 3.63) is 0 Å². The monoisotopic (exact) mass is 231 g/mol. The molecule has 0 radical (unpaired) electrons. The maximum Gasteiger partial charge on any atom is 0.0464 e. The van der Waals surface area contributed by atoms with Gasteiger partial charge in [0.1, 0.15) is 0 Å². The van der Waals surface area contributed by atoms with Crippen molar-refractivity contribution >= 4 is 11.8 Å². The summed E-state index contributed by atoms with van der Waals surface area (Å²) in [6.07, 6.45) is 5.28. The van der Waals surface area contributed by atoms with Gasteiger partial charge < -0.3 is 10.4 Å². The lowest BCUT2D eigenvalue weighted by Crippen LogP contribution is -2.35. The molecule has 0 amide bonds. The van der Waals surface area contributed by atoms with Crippen molar-refractivity contribution in [3.8, 4) is 0 Å². The molecule has 90 valence electrons. The lowest BCUT2D eigenvalue weighted by atomic mass is 10.2. The fourth-order valence-electron chi connectivity index (χ4n) is 2.03. The summed E-state index contributed by atoms with van der Waals surface area (Å²) in [5.41, 5.74) is 0. The summed E-state index contributed by atoms with van der Waals surface area (Å²) < 4.78 is 0. The van der Waals surface area contributed by atoms with E-state index in [2.05, 4.69) is 30.9 Å². The summed E-state index contributed by atoms with van der Waals surface area (Å²) in [5.74, 6) is 1.55. The highest BCUT2D eigenvalue weighted by Crippen LogP contribution is 2.31. The zero-order valence-electron chi connectivity index (χ0n) is 10.0. The minimum absolute atomic E-state index is 0.326. The smallest absolute Gasteiger partial charge is 0.0464 e. The molecule has 0 heterocycles. The summed E-state index contributed by atoms with van der Waals surface area (Å²) in [6.45, 7) is 5.82. The summed E-state index contributed by atoms with van der Waals surface area (Å²) in [4.78, 5) is 0. The van der Waals surface area contributed by atoms with Crippen LogP contribution in [0.4, 0.5) is 0 Å². The highest BCUT2D eigenvalue weighted by molar-refractivity contribution is 7.99. The van der Waals surface area contributed by atoms with Gasteiger partial charge in [0.25, 0.3) is 0 Å². The average molecular weight is 231 g/mol. The molecule has 3 atom stereocenters. The van der Waals surface area contributed by atoms with Crippen molar-refractivity contribution in [3.63, 3.8) is 0 Å². The molecule has 15 heavy (non-hydrogen) atoms. The van der Waals surface area contributed by atoms with Gasteiger partial charge in [-0.15, -0.1) is 0 Å². The summed E-state index contributed by atoms with van der Waals surface area (Å²) in [7, 11) is 0. The molecule has 0 aromatic carbocycles. The molecule has 0 saturated heterocycles. The third-order valence-electron chi connectivity index (χ3n) is 3.02. The van der Waals surface area contributed by atoms with Crippen LogP contribution in [0.1, 0.15) is 39.5 Å². The van der Waals surface area contributed by atoms with Crippen LogP contribution in [-0.4, -0.2) is 35.3 Å². The van der Waals surface area contributed by atoms with E-state index >= 15 is 0 Å². The van der Waals surface area contributed by atoms with E-state index in [1.165, 1.54) is 25.7 Å². The first kappa shape index (κ1) is 13.3. The van der Waals surface area contributed by atoms with Crippen LogP contribution >= 0.6 is 11.8 Å². The van der Waals surface area contributed by atoms with E-state index in [0.29, 0.717) is 12.5 Å². The van der Waals surface area contributed by atoms with Gasteiger partial charge in [0.05, 0.1) is 0 Å². The van der Waals surface area contributed by atoms with Gasteiger partial charge >= 0.3 is 0 Å². The van der Waals surface area contributed by atoms with Crippen LogP contribution < -0.4 is 5.32 Å². The molecule has 0 spiro atoms. The predicted molar refractivity (Wildman–Crippen MR) is 68.4 cm³/mol. The van der Waals surface area contributed by atoms with Gasteiger partial charge in [-0.25, -0.2) is 0 Å². The maximum absolute atomic E-state index is 8.99. The Kier molecular flexibility index (Phi) is 6.69. The van der Waals surface area contributed by atoms with E-state index in [9.17, 15) is 0 Å². The van der Waals surface area contributed by atoms with Crippen LogP contribution in [-0.2, 0) is 0 Å². The van der Waals surface area contributed by atoms with Crippen LogP contribution in [0, 0.1) is 5.92 Å². The topological polar surface area (TPSA) is 32.3 Å². The zero-order valence-corrected chi connectivity index (χ0v) is 10.9. The van der Waals surface area contributed by atoms with Crippen molar-refractivity contribution in [2.45, 2.75) is 50.8 Å². The first-order valence-electron chi connectivity index (χ1n) is 6.23. The molecule has 0 aliphatic heterocycles. The number of rotatable bonds is 7. The van der Waals surface area contributed by atoms with Gasteiger partial charge in [0, 0.05) is 17.9 Å². The molecule has 3 heteroatoms. The summed E-state index contributed by atoms with van der Waals surface area (Å²) >= 11 is 2.05. The lowest BCUT2D eigenvalue weighted by Gasteiger charge is -2.21. The Morgan fingerprint density at radius 1 is 1.47 bits per heavy atom. The molecule has 0 aromatic rings. The van der Waals surface area contributed by atoms with Gasteiger partial charge in [-0.2, -0.15) is 11.8 Å². The molecule has 2 nitrogen and oxygen atoms in total. The molecule has 3 unspecified atom stereocenters. The molecule has 2 N–H and O–H groups in total. The van der Waals surface area contributed by atoms with Gasteiger partial charge in [-0.05, 0) is 37.5 Å². The fraction of sp³-hybridized carbons (Fsp3) is 1.00. The van der Waals surface area contributed by atoms with Crippen LogP contribution in [0.15, 0.2) is 0 Å². The number of hydrogen-bond donors (Lipinski definition) is 2. The Labute approximate surface area is 98.2 Å². The van der Waals surface area contributed by atoms with Crippen molar-refractivity contribution in [2.75, 3.05) is 18.9 Å². The summed E-state index contributed by atoms with van der Waals surface area (Å²) in [6, 6.07) is 0.723. The molecule has 1 aliphatic rings. The van der Waals surface area contributed by atoms with Crippen molar-refractivity contribution in [1.82, 2.24) is 5.32 Å². The minimum atomic E-state index is 0.326. The van der Waals surface area contributed by atoms with Gasteiger partial charge in [0.2, 0.25) is 0 Å². The second kappa shape index (κ2) is 7.53. The quantitative estimate of drug-likeness (QED) is 0.705. The number of aliphatic hydroxyl groups is 1. The average Bonchev–Trinajstić information content (AvgIpc) is 2.70. The molecule has 1 saturated carbocycles. The van der Waals surface area contributed by atoms with E-state index in [1.807, 2.05) is 0 Å². The van der Waals surface area contributed by atoms with E-state index in [4.69, 9.17) is 5.11 Å². The Bertz CT molecular complexity index is 166. The second-order valence-electron chi connectivity index (χ2n) is 4.65. The lowest BCUT2D eigenvalue weighted by molar-refractivity contribution is 0.250. The highest BCUT2D eigenvalue weighted by Gasteiger charge is 2.26.